The molecule has 21 heavy (non-hydrogen) atoms. The summed E-state index contributed by atoms with van der Waals surface area (Å²) in [7, 11) is 0. The first kappa shape index (κ1) is 14.9. The van der Waals surface area contributed by atoms with Crippen molar-refractivity contribution in [3.05, 3.63) is 53.6 Å². The van der Waals surface area contributed by atoms with Gasteiger partial charge in [0, 0.05) is 14.8 Å². The lowest BCUT2D eigenvalue weighted by atomic mass is 10.1. The van der Waals surface area contributed by atoms with Gasteiger partial charge in [-0.1, -0.05) is 0 Å². The maximum atomic E-state index is 9.54. The highest BCUT2D eigenvalue weighted by molar-refractivity contribution is 5.75. The van der Waals surface area contributed by atoms with Crippen LogP contribution in [-0.4, -0.2) is 20.2 Å². The van der Waals surface area contributed by atoms with E-state index in [1.54, 1.807) is 36.4 Å². The molecule has 2 aromatic carbocycles. The van der Waals surface area contributed by atoms with Crippen molar-refractivity contribution >= 4 is 14.1 Å². The Labute approximate surface area is 124 Å². The molecule has 0 fully saturated rings. The number of anilines is 1. The van der Waals surface area contributed by atoms with Gasteiger partial charge in [-0.2, -0.15) is 5.26 Å². The smallest absolute Gasteiger partial charge is 0.127 e. The second-order valence-electron chi connectivity index (χ2n) is 4.38. The van der Waals surface area contributed by atoms with Gasteiger partial charge >= 0.3 is 0 Å². The van der Waals surface area contributed by atoms with Crippen LogP contribution >= 0.6 is 0 Å². The van der Waals surface area contributed by atoms with E-state index >= 15 is 0 Å². The number of nitrogens with zero attached hydrogens (tertiary/aromatic N) is 2. The highest BCUT2D eigenvalue weighted by atomic mass is 16.9. The van der Waals surface area contributed by atoms with E-state index in [9.17, 15) is 5.21 Å². The lowest BCUT2D eigenvalue weighted by Crippen LogP contribution is -2.26. The molecule has 3 rings (SSSR count). The number of benzene rings is 2. The molecule has 0 amide bonds. The Kier molecular flexibility index (Phi) is 4.48. The van der Waals surface area contributed by atoms with Crippen LogP contribution in [0.1, 0.15) is 11.1 Å². The number of hydrogen-bond acceptors (Lipinski definition) is 5. The second-order valence-corrected chi connectivity index (χ2v) is 4.38. The van der Waals surface area contributed by atoms with Crippen LogP contribution in [0.4, 0.5) is 5.69 Å². The van der Waals surface area contributed by atoms with Gasteiger partial charge in [-0.3, -0.25) is 5.21 Å². The van der Waals surface area contributed by atoms with E-state index < -0.39 is 0 Å². The summed E-state index contributed by atoms with van der Waals surface area (Å²) in [6.45, 7) is 0.434. The lowest BCUT2D eigenvalue weighted by molar-refractivity contribution is -0.0473. The molecule has 1 N–H and O–H groups in total. The van der Waals surface area contributed by atoms with Crippen LogP contribution < -0.4 is 9.96 Å². The van der Waals surface area contributed by atoms with E-state index in [0.29, 0.717) is 29.4 Å². The SMILES string of the molecule is N#Cc1ccc(Oc2ccc3c(c2)CCON3O)cc1.[B]. The molecule has 1 heterocycles. The molecule has 5 nitrogen and oxygen atoms in total. The third-order valence-corrected chi connectivity index (χ3v) is 3.06. The number of hydrogen-bond donors (Lipinski definition) is 1. The van der Waals surface area contributed by atoms with Gasteiger partial charge in [-0.15, -0.1) is 5.23 Å². The van der Waals surface area contributed by atoms with Crippen LogP contribution in [0.5, 0.6) is 11.5 Å². The van der Waals surface area contributed by atoms with E-state index in [1.165, 1.54) is 0 Å². The van der Waals surface area contributed by atoms with Crippen LogP contribution in [0.3, 0.4) is 0 Å². The van der Waals surface area contributed by atoms with Crippen LogP contribution in [0, 0.1) is 11.3 Å². The summed E-state index contributed by atoms with van der Waals surface area (Å²) in [4.78, 5) is 5.01. The Bertz CT molecular complexity index is 668. The number of rotatable bonds is 2. The molecule has 0 bridgehead atoms. The predicted molar refractivity (Wildman–Crippen MR) is 77.3 cm³/mol. The van der Waals surface area contributed by atoms with Gasteiger partial charge in [-0.25, -0.2) is 4.84 Å². The molecule has 3 radical (unpaired) electrons. The zero-order valence-corrected chi connectivity index (χ0v) is 11.2. The minimum atomic E-state index is 0. The van der Waals surface area contributed by atoms with Crippen molar-refractivity contribution in [2.75, 3.05) is 11.8 Å². The van der Waals surface area contributed by atoms with Gasteiger partial charge in [0.25, 0.3) is 0 Å². The van der Waals surface area contributed by atoms with Gasteiger partial charge < -0.3 is 4.74 Å². The molecule has 0 spiro atoms. The zero-order chi connectivity index (χ0) is 13.9. The van der Waals surface area contributed by atoms with Crippen LogP contribution in [0.15, 0.2) is 42.5 Å². The van der Waals surface area contributed by atoms with Crippen molar-refractivity contribution in [1.29, 1.82) is 5.26 Å². The standard InChI is InChI=1S/C15H12N2O3.B/c16-10-11-1-3-13(4-2-11)20-14-5-6-15-12(9-14)7-8-19-17(15)18;/h1-6,9,18H,7-8H2;. The summed E-state index contributed by atoms with van der Waals surface area (Å²) in [5, 5.41) is 19.1. The summed E-state index contributed by atoms with van der Waals surface area (Å²) < 4.78 is 5.73. The Morgan fingerprint density at radius 1 is 1.14 bits per heavy atom. The molecule has 0 aliphatic carbocycles. The molecular weight excluding hydrogens is 267 g/mol. The fourth-order valence-corrected chi connectivity index (χ4v) is 2.06. The molecule has 6 heteroatoms. The first-order valence-electron chi connectivity index (χ1n) is 6.19. The predicted octanol–water partition coefficient (Wildman–Crippen LogP) is 2.65. The molecule has 0 saturated carbocycles. The lowest BCUT2D eigenvalue weighted by Gasteiger charge is -2.24. The zero-order valence-electron chi connectivity index (χ0n) is 11.2. The van der Waals surface area contributed by atoms with Crippen LogP contribution in [0.25, 0.3) is 0 Å². The Hall–Kier alpha value is -2.49. The summed E-state index contributed by atoms with van der Waals surface area (Å²) >= 11 is 0. The second kappa shape index (κ2) is 6.31. The van der Waals surface area contributed by atoms with E-state index in [0.717, 1.165) is 17.2 Å². The van der Waals surface area contributed by atoms with Crippen molar-refractivity contribution in [2.45, 2.75) is 6.42 Å². The largest absolute Gasteiger partial charge is 0.457 e. The minimum Gasteiger partial charge on any atom is -0.457 e. The van der Waals surface area contributed by atoms with Crippen molar-refractivity contribution in [3.63, 3.8) is 0 Å². The van der Waals surface area contributed by atoms with Crippen LogP contribution in [-0.2, 0) is 11.3 Å². The summed E-state index contributed by atoms with van der Waals surface area (Å²) in [6.07, 6.45) is 0.719. The first-order valence-corrected chi connectivity index (χ1v) is 6.19. The van der Waals surface area contributed by atoms with Gasteiger partial charge in [0.1, 0.15) is 11.5 Å². The molecule has 1 aliphatic heterocycles. The molecule has 103 valence electrons. The van der Waals surface area contributed by atoms with Gasteiger partial charge in [-0.05, 0) is 48.0 Å². The summed E-state index contributed by atoms with van der Waals surface area (Å²) in [5.41, 5.74) is 2.18. The van der Waals surface area contributed by atoms with E-state index in [4.69, 9.17) is 14.8 Å². The minimum absolute atomic E-state index is 0. The average molecular weight is 279 g/mol. The maximum Gasteiger partial charge on any atom is 0.127 e. The topological polar surface area (TPSA) is 65.7 Å². The quantitative estimate of drug-likeness (QED) is 0.856. The van der Waals surface area contributed by atoms with Crippen molar-refractivity contribution in [3.8, 4) is 17.6 Å². The molecule has 0 saturated heterocycles. The highest BCUT2D eigenvalue weighted by Crippen LogP contribution is 2.30. The van der Waals surface area contributed by atoms with E-state index in [2.05, 4.69) is 6.07 Å². The fraction of sp³-hybridized carbons (Fsp3) is 0.133. The first-order chi connectivity index (χ1) is 9.76. The molecular formula is C15H12BN2O3. The van der Waals surface area contributed by atoms with Gasteiger partial charge in [0.2, 0.25) is 0 Å². The third-order valence-electron chi connectivity index (χ3n) is 3.06. The summed E-state index contributed by atoms with van der Waals surface area (Å²) in [6, 6.07) is 14.3. The normalized spacial score (nSPS) is 12.9. The van der Waals surface area contributed by atoms with Crippen LogP contribution in [0.2, 0.25) is 0 Å². The van der Waals surface area contributed by atoms with Crippen molar-refractivity contribution < 1.29 is 14.8 Å². The van der Waals surface area contributed by atoms with Gasteiger partial charge in [0.15, 0.2) is 0 Å². The van der Waals surface area contributed by atoms with E-state index in [-0.39, 0.29) is 8.41 Å². The molecule has 0 unspecified atom stereocenters. The highest BCUT2D eigenvalue weighted by Gasteiger charge is 2.16. The molecule has 2 aromatic rings. The monoisotopic (exact) mass is 279 g/mol. The number of nitriles is 1. The Balaban J connectivity index is 0.00000161. The number of fused-ring (bicyclic) bond motifs is 1. The average Bonchev–Trinajstić information content (AvgIpc) is 2.48. The van der Waals surface area contributed by atoms with E-state index in [1.807, 2.05) is 6.07 Å². The summed E-state index contributed by atoms with van der Waals surface area (Å²) in [5.74, 6) is 1.35. The fourth-order valence-electron chi connectivity index (χ4n) is 2.06. The molecule has 0 aromatic heterocycles. The Morgan fingerprint density at radius 3 is 2.57 bits per heavy atom. The van der Waals surface area contributed by atoms with Gasteiger partial charge in [0.05, 0.1) is 23.9 Å². The number of ether oxygens (including phenoxy) is 1. The molecule has 1 aliphatic rings. The molecule has 0 atom stereocenters. The van der Waals surface area contributed by atoms with Crippen molar-refractivity contribution in [2.24, 2.45) is 0 Å². The van der Waals surface area contributed by atoms with Crippen molar-refractivity contribution in [1.82, 2.24) is 0 Å². The Morgan fingerprint density at radius 2 is 1.86 bits per heavy atom. The third kappa shape index (κ3) is 3.16. The maximum absolute atomic E-state index is 9.54.